The summed E-state index contributed by atoms with van der Waals surface area (Å²) >= 11 is 0. The van der Waals surface area contributed by atoms with Crippen LogP contribution in [0.25, 0.3) is 65.6 Å². The summed E-state index contributed by atoms with van der Waals surface area (Å²) in [5.74, 6) is 1.39. The third-order valence-electron chi connectivity index (χ3n) is 9.49. The number of pyridine rings is 1. The van der Waals surface area contributed by atoms with Crippen LogP contribution >= 0.6 is 0 Å². The molecule has 5 heteroatoms. The molecule has 5 nitrogen and oxygen atoms in total. The lowest BCUT2D eigenvalue weighted by molar-refractivity contribution is 0.654. The van der Waals surface area contributed by atoms with Crippen molar-refractivity contribution in [3.05, 3.63) is 174 Å². The molecule has 7 aromatic carbocycles. The number of aromatic nitrogens is 1. The van der Waals surface area contributed by atoms with Crippen molar-refractivity contribution in [3.63, 3.8) is 0 Å². The average Bonchev–Trinajstić information content (AvgIpc) is 3.55. The Morgan fingerprint density at radius 2 is 1.12 bits per heavy atom. The van der Waals surface area contributed by atoms with Crippen molar-refractivity contribution in [2.24, 2.45) is 9.98 Å². The summed E-state index contributed by atoms with van der Waals surface area (Å²) in [6, 6.07) is 54.8. The van der Waals surface area contributed by atoms with Crippen molar-refractivity contribution in [1.82, 2.24) is 10.3 Å². The molecule has 0 amide bonds. The fraction of sp³-hybridized carbons (Fsp3) is 0.0227. The zero-order valence-electron chi connectivity index (χ0n) is 26.3. The SMILES string of the molecule is c1ccc2cc(C3=NC(c4ccc5ccccc5c4)NC(c4cc(-c5ccc6ccccc6c5)nc5oc6ccccc6c45)=N3)ccc2c1. The zero-order chi connectivity index (χ0) is 32.3. The average molecular weight is 629 g/mol. The quantitative estimate of drug-likeness (QED) is 0.211. The lowest BCUT2D eigenvalue weighted by atomic mass is 10.00. The number of hydrogen-bond donors (Lipinski definition) is 1. The van der Waals surface area contributed by atoms with Gasteiger partial charge in [-0.05, 0) is 68.2 Å². The first kappa shape index (κ1) is 27.5. The van der Waals surface area contributed by atoms with Gasteiger partial charge in [-0.1, -0.05) is 127 Å². The van der Waals surface area contributed by atoms with E-state index in [-0.39, 0.29) is 6.17 Å². The van der Waals surface area contributed by atoms with Crippen LogP contribution in [0.3, 0.4) is 0 Å². The summed E-state index contributed by atoms with van der Waals surface area (Å²) in [6.07, 6.45) is -0.371. The van der Waals surface area contributed by atoms with Crippen LogP contribution in [0.2, 0.25) is 0 Å². The molecular formula is C44H28N4O. The van der Waals surface area contributed by atoms with Crippen molar-refractivity contribution < 1.29 is 4.42 Å². The molecule has 0 fully saturated rings. The fourth-order valence-electron chi connectivity index (χ4n) is 7.00. The molecular weight excluding hydrogens is 601 g/mol. The molecule has 2 aromatic heterocycles. The molecule has 3 heterocycles. The van der Waals surface area contributed by atoms with Crippen LogP contribution in [0.5, 0.6) is 0 Å². The first-order valence-electron chi connectivity index (χ1n) is 16.5. The molecule has 0 spiro atoms. The smallest absolute Gasteiger partial charge is 0.228 e. The zero-order valence-corrected chi connectivity index (χ0v) is 26.3. The molecule has 49 heavy (non-hydrogen) atoms. The van der Waals surface area contributed by atoms with Crippen molar-refractivity contribution in [2.75, 3.05) is 0 Å². The minimum Gasteiger partial charge on any atom is -0.438 e. The van der Waals surface area contributed by atoms with Gasteiger partial charge < -0.3 is 9.73 Å². The third kappa shape index (κ3) is 4.75. The topological polar surface area (TPSA) is 62.8 Å². The highest BCUT2D eigenvalue weighted by molar-refractivity contribution is 6.22. The van der Waals surface area contributed by atoms with E-state index in [4.69, 9.17) is 19.4 Å². The van der Waals surface area contributed by atoms with Gasteiger partial charge in [0.1, 0.15) is 17.6 Å². The predicted molar refractivity (Wildman–Crippen MR) is 201 cm³/mol. The van der Waals surface area contributed by atoms with E-state index >= 15 is 0 Å². The Labute approximate surface area is 281 Å². The fourth-order valence-corrected chi connectivity index (χ4v) is 7.00. The first-order valence-corrected chi connectivity index (χ1v) is 16.5. The highest BCUT2D eigenvalue weighted by Crippen LogP contribution is 2.35. The lowest BCUT2D eigenvalue weighted by Crippen LogP contribution is -2.33. The van der Waals surface area contributed by atoms with E-state index in [2.05, 4.69) is 145 Å². The number of aliphatic imine (C=N–C) groups is 2. The van der Waals surface area contributed by atoms with Gasteiger partial charge in [0.15, 0.2) is 5.84 Å². The Morgan fingerprint density at radius 3 is 1.86 bits per heavy atom. The van der Waals surface area contributed by atoms with Gasteiger partial charge in [0, 0.05) is 22.1 Å². The molecule has 0 bridgehead atoms. The van der Waals surface area contributed by atoms with Gasteiger partial charge in [-0.25, -0.2) is 15.0 Å². The van der Waals surface area contributed by atoms with Gasteiger partial charge in [0.2, 0.25) is 5.71 Å². The third-order valence-corrected chi connectivity index (χ3v) is 9.49. The van der Waals surface area contributed by atoms with E-state index in [1.54, 1.807) is 0 Å². The summed E-state index contributed by atoms with van der Waals surface area (Å²) in [4.78, 5) is 15.6. The number of benzene rings is 7. The number of amidine groups is 2. The number of nitrogens with one attached hydrogen (secondary N) is 1. The number of furan rings is 1. The Kier molecular flexibility index (Phi) is 6.18. The van der Waals surface area contributed by atoms with Gasteiger partial charge >= 0.3 is 0 Å². The second kappa shape index (κ2) is 11.0. The van der Waals surface area contributed by atoms with Crippen LogP contribution in [0.15, 0.2) is 172 Å². The molecule has 0 saturated carbocycles. The Morgan fingerprint density at radius 1 is 0.531 bits per heavy atom. The minimum absolute atomic E-state index is 0.371. The number of nitrogens with zero attached hydrogens (tertiary/aromatic N) is 3. The largest absolute Gasteiger partial charge is 0.438 e. The van der Waals surface area contributed by atoms with E-state index in [1.165, 1.54) is 21.5 Å². The molecule has 230 valence electrons. The molecule has 0 aliphatic carbocycles. The molecule has 1 aliphatic heterocycles. The highest BCUT2D eigenvalue weighted by atomic mass is 16.3. The molecule has 1 unspecified atom stereocenters. The minimum atomic E-state index is -0.371. The second-order valence-corrected chi connectivity index (χ2v) is 12.5. The van der Waals surface area contributed by atoms with Crippen molar-refractivity contribution in [3.8, 4) is 11.3 Å². The molecule has 10 rings (SSSR count). The Balaban J connectivity index is 1.20. The van der Waals surface area contributed by atoms with E-state index in [9.17, 15) is 0 Å². The van der Waals surface area contributed by atoms with Crippen LogP contribution in [0.4, 0.5) is 0 Å². The van der Waals surface area contributed by atoms with Gasteiger partial charge in [0.25, 0.3) is 0 Å². The van der Waals surface area contributed by atoms with E-state index < -0.39 is 0 Å². The monoisotopic (exact) mass is 628 g/mol. The molecule has 1 aliphatic rings. The summed E-state index contributed by atoms with van der Waals surface area (Å²) in [7, 11) is 0. The number of fused-ring (bicyclic) bond motifs is 6. The van der Waals surface area contributed by atoms with E-state index in [1.807, 2.05) is 18.2 Å². The molecule has 0 radical (unpaired) electrons. The van der Waals surface area contributed by atoms with Crippen LogP contribution in [0.1, 0.15) is 22.9 Å². The Bertz CT molecular complexity index is 2830. The summed E-state index contributed by atoms with van der Waals surface area (Å²) in [5, 5.41) is 12.7. The number of rotatable bonds is 4. The Hall–Kier alpha value is -6.59. The molecule has 1 atom stereocenters. The summed E-state index contributed by atoms with van der Waals surface area (Å²) in [5.41, 5.74) is 6.11. The van der Waals surface area contributed by atoms with Crippen LogP contribution < -0.4 is 5.32 Å². The molecule has 1 N–H and O–H groups in total. The maximum absolute atomic E-state index is 6.43. The predicted octanol–water partition coefficient (Wildman–Crippen LogP) is 10.6. The second-order valence-electron chi connectivity index (χ2n) is 12.5. The maximum atomic E-state index is 6.43. The number of hydrogen-bond acceptors (Lipinski definition) is 5. The van der Waals surface area contributed by atoms with Gasteiger partial charge in [-0.2, -0.15) is 0 Å². The standard InChI is InChI=1S/C44H28N4O/c1-4-12-30-23-33(20-17-27(30)9-1)38-26-37(40-36-15-7-8-16-39(36)49-44(40)45-38)43-47-41(34-21-18-28-10-2-5-13-31(28)24-34)46-42(48-43)35-22-19-29-11-3-6-14-32(29)25-35/h1-26,41H,(H,46,47,48). The van der Waals surface area contributed by atoms with E-state index in [0.29, 0.717) is 11.5 Å². The van der Waals surface area contributed by atoms with Gasteiger partial charge in [-0.3, -0.25) is 0 Å². The van der Waals surface area contributed by atoms with Crippen molar-refractivity contribution in [2.45, 2.75) is 6.17 Å². The van der Waals surface area contributed by atoms with Crippen LogP contribution in [-0.4, -0.2) is 16.7 Å². The summed E-state index contributed by atoms with van der Waals surface area (Å²) < 4.78 is 6.43. The lowest BCUT2D eigenvalue weighted by Gasteiger charge is -2.24. The van der Waals surface area contributed by atoms with Crippen molar-refractivity contribution in [1.29, 1.82) is 0 Å². The molecule has 0 saturated heterocycles. The highest BCUT2D eigenvalue weighted by Gasteiger charge is 2.25. The van der Waals surface area contributed by atoms with Crippen LogP contribution in [0, 0.1) is 0 Å². The van der Waals surface area contributed by atoms with Crippen LogP contribution in [-0.2, 0) is 0 Å². The van der Waals surface area contributed by atoms with Crippen molar-refractivity contribution >= 4 is 66.1 Å². The van der Waals surface area contributed by atoms with Gasteiger partial charge in [0.05, 0.1) is 11.1 Å². The van der Waals surface area contributed by atoms with E-state index in [0.717, 1.165) is 60.9 Å². The first-order chi connectivity index (χ1) is 24.2. The van der Waals surface area contributed by atoms with Gasteiger partial charge in [-0.15, -0.1) is 0 Å². The summed E-state index contributed by atoms with van der Waals surface area (Å²) in [6.45, 7) is 0. The maximum Gasteiger partial charge on any atom is 0.228 e. The normalized spacial score (nSPS) is 14.7. The molecule has 9 aromatic rings. The number of para-hydroxylation sites is 1.